The smallest absolute Gasteiger partial charge is 0.338 e. The van der Waals surface area contributed by atoms with Gasteiger partial charge in [-0.05, 0) is 30.2 Å². The number of hydrogen-bond donors (Lipinski definition) is 1. The van der Waals surface area contributed by atoms with Crippen LogP contribution in [0.25, 0.3) is 5.70 Å². The van der Waals surface area contributed by atoms with Crippen molar-refractivity contribution >= 4 is 23.7 Å². The van der Waals surface area contributed by atoms with E-state index in [1.165, 1.54) is 12.0 Å². The second kappa shape index (κ2) is 8.60. The van der Waals surface area contributed by atoms with E-state index in [9.17, 15) is 14.4 Å². The lowest BCUT2D eigenvalue weighted by Gasteiger charge is -2.34. The molecule has 0 spiro atoms. The highest BCUT2D eigenvalue weighted by molar-refractivity contribution is 6.04. The topological polar surface area (TPSA) is 84.9 Å². The molecule has 0 saturated carbocycles. The maximum atomic E-state index is 12.9. The van der Waals surface area contributed by atoms with E-state index >= 15 is 0 Å². The lowest BCUT2D eigenvalue weighted by Crippen LogP contribution is -2.46. The summed E-state index contributed by atoms with van der Waals surface area (Å²) in [6.45, 7) is 1.93. The Labute approximate surface area is 168 Å². The van der Waals surface area contributed by atoms with E-state index in [2.05, 4.69) is 5.32 Å². The van der Waals surface area contributed by atoms with Crippen molar-refractivity contribution in [1.29, 1.82) is 0 Å². The molecule has 1 aliphatic rings. The molecule has 0 fully saturated rings. The van der Waals surface area contributed by atoms with Crippen LogP contribution in [-0.2, 0) is 14.3 Å². The van der Waals surface area contributed by atoms with Crippen molar-refractivity contribution in [2.45, 2.75) is 13.0 Å². The average Bonchev–Trinajstić information content (AvgIpc) is 2.75. The molecule has 2 aromatic carbocycles. The van der Waals surface area contributed by atoms with Gasteiger partial charge in [0.15, 0.2) is 0 Å². The van der Waals surface area contributed by atoms with E-state index in [1.807, 2.05) is 30.3 Å². The Hall–Kier alpha value is -3.61. The summed E-state index contributed by atoms with van der Waals surface area (Å²) in [7, 11) is 2.91. The van der Waals surface area contributed by atoms with Crippen LogP contribution >= 0.6 is 0 Å². The number of rotatable bonds is 5. The van der Waals surface area contributed by atoms with Gasteiger partial charge in [0, 0.05) is 7.05 Å². The number of carbonyl (C=O) groups is 3. The van der Waals surface area contributed by atoms with Crippen molar-refractivity contribution in [1.82, 2.24) is 10.2 Å². The van der Waals surface area contributed by atoms with E-state index in [0.29, 0.717) is 22.4 Å². The van der Waals surface area contributed by atoms with Crippen LogP contribution in [0, 0.1) is 0 Å². The SMILES string of the molecule is CCOC(=O)C1=C(c2ccccc2)N(C)C(=O)N[C@@H]1c1ccc(C(=O)OC)cc1. The largest absolute Gasteiger partial charge is 0.465 e. The Morgan fingerprint density at radius 1 is 1.03 bits per heavy atom. The Morgan fingerprint density at radius 2 is 1.69 bits per heavy atom. The van der Waals surface area contributed by atoms with Crippen molar-refractivity contribution < 1.29 is 23.9 Å². The first-order chi connectivity index (χ1) is 14.0. The zero-order chi connectivity index (χ0) is 21.0. The standard InChI is InChI=1S/C22H22N2O5/c1-4-29-21(26)17-18(14-10-12-16(13-11-14)20(25)28-3)23-22(27)24(2)19(17)15-8-6-5-7-9-15/h5-13,18H,4H2,1-3H3,(H,23,27)/t18-/m1/s1. The average molecular weight is 394 g/mol. The fraction of sp³-hybridized carbons (Fsp3) is 0.227. The normalized spacial score (nSPS) is 16.3. The highest BCUT2D eigenvalue weighted by Gasteiger charge is 2.37. The monoisotopic (exact) mass is 394 g/mol. The quantitative estimate of drug-likeness (QED) is 0.788. The first kappa shape index (κ1) is 20.1. The fourth-order valence-corrected chi connectivity index (χ4v) is 3.26. The minimum atomic E-state index is -0.723. The molecule has 0 unspecified atom stereocenters. The maximum absolute atomic E-state index is 12.9. The second-order valence-electron chi connectivity index (χ2n) is 6.40. The molecule has 2 aromatic rings. The van der Waals surface area contributed by atoms with E-state index in [1.54, 1.807) is 38.2 Å². The molecule has 2 amide bonds. The molecule has 29 heavy (non-hydrogen) atoms. The molecular weight excluding hydrogens is 372 g/mol. The lowest BCUT2D eigenvalue weighted by molar-refractivity contribution is -0.138. The van der Waals surface area contributed by atoms with Gasteiger partial charge in [-0.15, -0.1) is 0 Å². The summed E-state index contributed by atoms with van der Waals surface area (Å²) in [5.74, 6) is -0.977. The number of carbonyl (C=O) groups excluding carboxylic acids is 3. The molecule has 0 aromatic heterocycles. The second-order valence-corrected chi connectivity index (χ2v) is 6.40. The molecule has 7 heteroatoms. The van der Waals surface area contributed by atoms with E-state index in [4.69, 9.17) is 9.47 Å². The van der Waals surface area contributed by atoms with Gasteiger partial charge in [0.05, 0.1) is 36.6 Å². The number of methoxy groups -OCH3 is 1. The molecule has 1 atom stereocenters. The molecule has 0 saturated heterocycles. The van der Waals surface area contributed by atoms with Crippen LogP contribution in [0.4, 0.5) is 4.79 Å². The van der Waals surface area contributed by atoms with Crippen molar-refractivity contribution in [2.75, 3.05) is 20.8 Å². The zero-order valence-electron chi connectivity index (χ0n) is 16.5. The van der Waals surface area contributed by atoms with Crippen LogP contribution in [0.2, 0.25) is 0 Å². The van der Waals surface area contributed by atoms with Crippen molar-refractivity contribution in [2.24, 2.45) is 0 Å². The third kappa shape index (κ3) is 3.99. The number of esters is 2. The zero-order valence-corrected chi connectivity index (χ0v) is 16.5. The first-order valence-corrected chi connectivity index (χ1v) is 9.17. The van der Waals surface area contributed by atoms with Crippen molar-refractivity contribution in [3.8, 4) is 0 Å². The summed E-state index contributed by atoms with van der Waals surface area (Å²) in [4.78, 5) is 38.7. The number of hydrogen-bond acceptors (Lipinski definition) is 5. The van der Waals surface area contributed by atoms with Gasteiger partial charge in [0.1, 0.15) is 0 Å². The van der Waals surface area contributed by atoms with Crippen LogP contribution < -0.4 is 5.32 Å². The van der Waals surface area contributed by atoms with Crippen LogP contribution in [0.1, 0.15) is 34.5 Å². The lowest BCUT2D eigenvalue weighted by atomic mass is 9.91. The van der Waals surface area contributed by atoms with Gasteiger partial charge in [0.25, 0.3) is 0 Å². The van der Waals surface area contributed by atoms with Gasteiger partial charge in [-0.2, -0.15) is 0 Å². The molecule has 1 N–H and O–H groups in total. The predicted octanol–water partition coefficient (Wildman–Crippen LogP) is 3.14. The summed E-state index contributed by atoms with van der Waals surface area (Å²) in [6.07, 6.45) is 0. The third-order valence-corrected chi connectivity index (χ3v) is 4.66. The molecule has 0 bridgehead atoms. The number of ether oxygens (including phenoxy) is 2. The fourth-order valence-electron chi connectivity index (χ4n) is 3.26. The van der Waals surface area contributed by atoms with Gasteiger partial charge in [-0.25, -0.2) is 14.4 Å². The van der Waals surface area contributed by atoms with Crippen LogP contribution in [-0.4, -0.2) is 43.6 Å². The van der Waals surface area contributed by atoms with Gasteiger partial charge in [-0.1, -0.05) is 42.5 Å². The summed E-state index contributed by atoms with van der Waals surface area (Å²) < 4.78 is 10.0. The van der Waals surface area contributed by atoms with Crippen LogP contribution in [0.15, 0.2) is 60.2 Å². The van der Waals surface area contributed by atoms with E-state index in [-0.39, 0.29) is 12.6 Å². The Bertz CT molecular complexity index is 951. The maximum Gasteiger partial charge on any atom is 0.338 e. The van der Waals surface area contributed by atoms with Crippen molar-refractivity contribution in [3.63, 3.8) is 0 Å². The minimum Gasteiger partial charge on any atom is -0.465 e. The van der Waals surface area contributed by atoms with Crippen molar-refractivity contribution in [3.05, 3.63) is 76.9 Å². The van der Waals surface area contributed by atoms with E-state index in [0.717, 1.165) is 5.56 Å². The molecule has 1 aliphatic heterocycles. The molecular formula is C22H22N2O5. The highest BCUT2D eigenvalue weighted by Crippen LogP contribution is 2.35. The minimum absolute atomic E-state index is 0.204. The first-order valence-electron chi connectivity index (χ1n) is 9.17. The number of nitrogens with zero attached hydrogens (tertiary/aromatic N) is 1. The van der Waals surface area contributed by atoms with Crippen LogP contribution in [0.3, 0.4) is 0 Å². The molecule has 7 nitrogen and oxygen atoms in total. The summed E-state index contributed by atoms with van der Waals surface area (Å²) >= 11 is 0. The summed E-state index contributed by atoms with van der Waals surface area (Å²) in [5.41, 5.74) is 2.56. The summed E-state index contributed by atoms with van der Waals surface area (Å²) in [5, 5.41) is 2.85. The molecule has 150 valence electrons. The molecule has 1 heterocycles. The van der Waals surface area contributed by atoms with Gasteiger partial charge >= 0.3 is 18.0 Å². The Balaban J connectivity index is 2.16. The molecule has 3 rings (SSSR count). The van der Waals surface area contributed by atoms with Crippen LogP contribution in [0.5, 0.6) is 0 Å². The number of amides is 2. The van der Waals surface area contributed by atoms with Gasteiger partial charge in [0.2, 0.25) is 0 Å². The van der Waals surface area contributed by atoms with Gasteiger partial charge < -0.3 is 14.8 Å². The van der Waals surface area contributed by atoms with Gasteiger partial charge in [-0.3, -0.25) is 4.90 Å². The Morgan fingerprint density at radius 3 is 2.28 bits per heavy atom. The number of nitrogens with one attached hydrogen (secondary N) is 1. The number of urea groups is 1. The number of benzene rings is 2. The highest BCUT2D eigenvalue weighted by atomic mass is 16.5. The third-order valence-electron chi connectivity index (χ3n) is 4.66. The molecule has 0 radical (unpaired) electrons. The summed E-state index contributed by atoms with van der Waals surface area (Å²) in [6, 6.07) is 14.7. The predicted molar refractivity (Wildman–Crippen MR) is 107 cm³/mol. The Kier molecular flexibility index (Phi) is 5.97. The molecule has 0 aliphatic carbocycles. The van der Waals surface area contributed by atoms with E-state index < -0.39 is 18.0 Å².